The normalized spacial score (nSPS) is 10.4. The van der Waals surface area contributed by atoms with Crippen molar-refractivity contribution in [1.82, 2.24) is 9.97 Å². The Balaban J connectivity index is 2.67. The van der Waals surface area contributed by atoms with E-state index in [1.165, 1.54) is 13.3 Å². The molecule has 0 aliphatic heterocycles. The lowest BCUT2D eigenvalue weighted by atomic mass is 10.1. The number of pyridine rings is 2. The molecule has 2 aromatic rings. The van der Waals surface area contributed by atoms with E-state index in [9.17, 15) is 9.18 Å². The number of rotatable bonds is 2. The molecule has 0 unspecified atom stereocenters. The molecular weight excluding hydrogens is 400 g/mol. The van der Waals surface area contributed by atoms with Gasteiger partial charge in [0.05, 0.1) is 17.8 Å². The number of methoxy groups -OCH3 is 1. The summed E-state index contributed by atoms with van der Waals surface area (Å²) in [5.41, 5.74) is 5.27. The molecule has 0 aromatic carbocycles. The fraction of sp³-hybridized carbons (Fsp3) is 0.0833. The van der Waals surface area contributed by atoms with Gasteiger partial charge in [-0.25, -0.2) is 19.2 Å². The number of hydrogen-bond acceptors (Lipinski definition) is 5. The van der Waals surface area contributed by atoms with Crippen molar-refractivity contribution in [2.45, 2.75) is 0 Å². The van der Waals surface area contributed by atoms with Crippen LogP contribution in [0.3, 0.4) is 0 Å². The number of esters is 1. The molecular formula is C12H8ClFIN3O2. The van der Waals surface area contributed by atoms with Crippen LogP contribution in [-0.2, 0) is 4.74 Å². The van der Waals surface area contributed by atoms with Gasteiger partial charge in [0.1, 0.15) is 9.39 Å². The van der Waals surface area contributed by atoms with Crippen LogP contribution in [0.25, 0.3) is 11.3 Å². The summed E-state index contributed by atoms with van der Waals surface area (Å²) in [5, 5.41) is -0.267. The van der Waals surface area contributed by atoms with E-state index in [0.29, 0.717) is 5.56 Å². The van der Waals surface area contributed by atoms with Gasteiger partial charge in [0, 0.05) is 11.8 Å². The van der Waals surface area contributed by atoms with Crippen LogP contribution in [0.4, 0.5) is 10.1 Å². The van der Waals surface area contributed by atoms with Crippen molar-refractivity contribution in [3.05, 3.63) is 38.6 Å². The SMILES string of the molecule is COC(=O)c1nc(-c2ccc(I)nc2)c(F)c(N)c1Cl. The highest BCUT2D eigenvalue weighted by molar-refractivity contribution is 14.1. The number of carbonyl (C=O) groups excluding carboxylic acids is 1. The van der Waals surface area contributed by atoms with E-state index in [1.807, 2.05) is 22.6 Å². The number of aromatic nitrogens is 2. The molecule has 0 saturated heterocycles. The van der Waals surface area contributed by atoms with Gasteiger partial charge in [-0.15, -0.1) is 0 Å². The highest BCUT2D eigenvalue weighted by Crippen LogP contribution is 2.32. The molecule has 0 aliphatic carbocycles. The molecule has 2 N–H and O–H groups in total. The van der Waals surface area contributed by atoms with Crippen LogP contribution >= 0.6 is 34.2 Å². The largest absolute Gasteiger partial charge is 0.464 e. The minimum Gasteiger partial charge on any atom is -0.464 e. The van der Waals surface area contributed by atoms with Crippen LogP contribution in [-0.4, -0.2) is 23.0 Å². The van der Waals surface area contributed by atoms with Gasteiger partial charge in [-0.2, -0.15) is 0 Å². The minimum atomic E-state index is -0.800. The molecule has 0 fully saturated rings. The molecule has 2 aromatic heterocycles. The van der Waals surface area contributed by atoms with Gasteiger partial charge in [0.2, 0.25) is 0 Å². The molecule has 2 heterocycles. The van der Waals surface area contributed by atoms with Crippen molar-refractivity contribution < 1.29 is 13.9 Å². The van der Waals surface area contributed by atoms with Crippen molar-refractivity contribution in [3.8, 4) is 11.3 Å². The zero-order valence-electron chi connectivity index (χ0n) is 10.2. The Hall–Kier alpha value is -1.48. The predicted molar refractivity (Wildman–Crippen MR) is 80.9 cm³/mol. The van der Waals surface area contributed by atoms with Crippen molar-refractivity contribution in [3.63, 3.8) is 0 Å². The Morgan fingerprint density at radius 2 is 2.20 bits per heavy atom. The first-order valence-corrected chi connectivity index (χ1v) is 6.76. The molecule has 20 heavy (non-hydrogen) atoms. The third-order valence-electron chi connectivity index (χ3n) is 2.49. The number of carbonyl (C=O) groups is 1. The van der Waals surface area contributed by atoms with Crippen LogP contribution in [0.15, 0.2) is 18.3 Å². The van der Waals surface area contributed by atoms with Crippen LogP contribution in [0.5, 0.6) is 0 Å². The lowest BCUT2D eigenvalue weighted by Gasteiger charge is -2.10. The molecule has 0 spiro atoms. The van der Waals surface area contributed by atoms with Crippen molar-refractivity contribution in [2.24, 2.45) is 0 Å². The summed E-state index contributed by atoms with van der Waals surface area (Å²) in [5.74, 6) is -1.59. The third-order valence-corrected chi connectivity index (χ3v) is 3.51. The number of nitrogens with zero attached hydrogens (tertiary/aromatic N) is 2. The average molecular weight is 408 g/mol. The van der Waals surface area contributed by atoms with Gasteiger partial charge < -0.3 is 10.5 Å². The van der Waals surface area contributed by atoms with Crippen molar-refractivity contribution >= 4 is 45.8 Å². The molecule has 104 valence electrons. The summed E-state index contributed by atoms with van der Waals surface area (Å²) in [6, 6.07) is 3.30. The smallest absolute Gasteiger partial charge is 0.358 e. The van der Waals surface area contributed by atoms with E-state index in [4.69, 9.17) is 17.3 Å². The minimum absolute atomic E-state index is 0.101. The summed E-state index contributed by atoms with van der Waals surface area (Å²) >= 11 is 7.83. The van der Waals surface area contributed by atoms with Crippen molar-refractivity contribution in [2.75, 3.05) is 12.8 Å². The summed E-state index contributed by atoms with van der Waals surface area (Å²) < 4.78 is 19.4. The number of hydrogen-bond donors (Lipinski definition) is 1. The van der Waals surface area contributed by atoms with E-state index in [-0.39, 0.29) is 22.1 Å². The van der Waals surface area contributed by atoms with Crippen LogP contribution in [0, 0.1) is 9.52 Å². The topological polar surface area (TPSA) is 78.1 Å². The highest BCUT2D eigenvalue weighted by Gasteiger charge is 2.22. The second kappa shape index (κ2) is 5.88. The fourth-order valence-electron chi connectivity index (χ4n) is 1.50. The lowest BCUT2D eigenvalue weighted by molar-refractivity contribution is 0.0594. The van der Waals surface area contributed by atoms with Gasteiger partial charge >= 0.3 is 5.97 Å². The number of anilines is 1. The van der Waals surface area contributed by atoms with Gasteiger partial charge in [-0.3, -0.25) is 0 Å². The zero-order valence-corrected chi connectivity index (χ0v) is 13.1. The van der Waals surface area contributed by atoms with E-state index < -0.39 is 11.8 Å². The molecule has 2 rings (SSSR count). The molecule has 0 saturated carbocycles. The van der Waals surface area contributed by atoms with Crippen LogP contribution < -0.4 is 5.73 Å². The molecule has 5 nitrogen and oxygen atoms in total. The van der Waals surface area contributed by atoms with Crippen molar-refractivity contribution in [1.29, 1.82) is 0 Å². The van der Waals surface area contributed by atoms with E-state index >= 15 is 0 Å². The molecule has 8 heteroatoms. The third kappa shape index (κ3) is 2.68. The van der Waals surface area contributed by atoms with E-state index in [0.717, 1.165) is 3.70 Å². The quantitative estimate of drug-likeness (QED) is 0.470. The molecule has 0 amide bonds. The van der Waals surface area contributed by atoms with Gasteiger partial charge in [0.25, 0.3) is 0 Å². The Morgan fingerprint density at radius 1 is 1.50 bits per heavy atom. The van der Waals surface area contributed by atoms with E-state index in [1.54, 1.807) is 12.1 Å². The Morgan fingerprint density at radius 3 is 2.75 bits per heavy atom. The van der Waals surface area contributed by atoms with Gasteiger partial charge in [-0.05, 0) is 34.7 Å². The first-order valence-electron chi connectivity index (χ1n) is 5.30. The monoisotopic (exact) mass is 407 g/mol. The number of nitrogen functional groups attached to an aromatic ring is 1. The van der Waals surface area contributed by atoms with Gasteiger partial charge in [0.15, 0.2) is 11.5 Å². The number of halogens is 3. The van der Waals surface area contributed by atoms with Crippen LogP contribution in [0.2, 0.25) is 5.02 Å². The predicted octanol–water partition coefficient (Wildman–Crippen LogP) is 2.91. The summed E-state index contributed by atoms with van der Waals surface area (Å²) in [6.07, 6.45) is 1.43. The maximum atomic E-state index is 14.1. The first kappa shape index (κ1) is 14.9. The zero-order chi connectivity index (χ0) is 14.9. The maximum absolute atomic E-state index is 14.1. The second-order valence-corrected chi connectivity index (χ2v) is 5.20. The van der Waals surface area contributed by atoms with Crippen LogP contribution in [0.1, 0.15) is 10.5 Å². The Labute approximate surface area is 132 Å². The summed E-state index contributed by atoms with van der Waals surface area (Å²) in [4.78, 5) is 19.5. The summed E-state index contributed by atoms with van der Waals surface area (Å²) in [6.45, 7) is 0. The number of ether oxygens (including phenoxy) is 1. The molecule has 0 radical (unpaired) electrons. The van der Waals surface area contributed by atoms with E-state index in [2.05, 4.69) is 14.7 Å². The Kier molecular flexibility index (Phi) is 4.39. The summed E-state index contributed by atoms with van der Waals surface area (Å²) in [7, 11) is 1.17. The molecule has 0 bridgehead atoms. The second-order valence-electron chi connectivity index (χ2n) is 3.71. The fourth-order valence-corrected chi connectivity index (χ4v) is 2.02. The molecule has 0 aliphatic rings. The first-order chi connectivity index (χ1) is 9.45. The maximum Gasteiger partial charge on any atom is 0.358 e. The molecule has 0 atom stereocenters. The standard InChI is InChI=1S/C12H8ClFIN3O2/c1-20-12(19)11-7(13)9(16)8(14)10(18-11)5-2-3-6(15)17-4-5/h2-4H,1H3,(H2,16,18). The average Bonchev–Trinajstić information content (AvgIpc) is 2.45. The Bertz CT molecular complexity index is 679. The van der Waals surface area contributed by atoms with Gasteiger partial charge in [-0.1, -0.05) is 11.6 Å². The lowest BCUT2D eigenvalue weighted by Crippen LogP contribution is -2.10. The highest BCUT2D eigenvalue weighted by atomic mass is 127. The number of nitrogens with two attached hydrogens (primary N) is 1.